The molecule has 0 spiro atoms. The van der Waals surface area contributed by atoms with Crippen molar-refractivity contribution in [1.29, 1.82) is 0 Å². The molecule has 8 aromatic rings. The number of methoxy groups -OCH3 is 5. The molecule has 4 fully saturated rings. The first-order valence-corrected chi connectivity index (χ1v) is 40.4. The summed E-state index contributed by atoms with van der Waals surface area (Å²) < 4.78 is 131. The van der Waals surface area contributed by atoms with Gasteiger partial charge in [-0.05, 0) is 101 Å². The predicted octanol–water partition coefficient (Wildman–Crippen LogP) is 5.29. The summed E-state index contributed by atoms with van der Waals surface area (Å²) in [6, 6.07) is 7.78. The minimum absolute atomic E-state index is 0.282. The summed E-state index contributed by atoms with van der Waals surface area (Å²) >= 11 is 0. The molecule has 8 aromatic heterocycles. The van der Waals surface area contributed by atoms with Crippen LogP contribution in [0.25, 0.3) is 22.3 Å². The molecule has 34 heteroatoms. The van der Waals surface area contributed by atoms with Crippen molar-refractivity contribution in [3.8, 4) is 28.9 Å². The Morgan fingerprint density at radius 2 is 0.804 bits per heavy atom. The number of hydrogen-bond acceptors (Lipinski definition) is 23. The van der Waals surface area contributed by atoms with E-state index in [0.717, 1.165) is 175 Å². The third-order valence-corrected chi connectivity index (χ3v) is 21.4. The van der Waals surface area contributed by atoms with Crippen LogP contribution in [0.4, 0.5) is 23.3 Å². The number of rotatable bonds is 24. The largest absolute Gasteiger partial charge is 0.493 e. The Hall–Kier alpha value is -7.50. The molecule has 0 bridgehead atoms. The summed E-state index contributed by atoms with van der Waals surface area (Å²) in [5, 5.41) is 0. The molecule has 3 N–H and O–H groups in total. The quantitative estimate of drug-likeness (QED) is 0.0692. The average Bonchev–Trinajstić information content (AvgIpc) is 1.70. The highest BCUT2D eigenvalue weighted by Gasteiger charge is 2.27. The van der Waals surface area contributed by atoms with E-state index >= 15 is 0 Å². The number of fused-ring (bicyclic) bond motifs is 4. The van der Waals surface area contributed by atoms with Gasteiger partial charge >= 0.3 is 0 Å². The molecule has 97 heavy (non-hydrogen) atoms. The molecule has 0 atom stereocenters. The zero-order chi connectivity index (χ0) is 69.5. The highest BCUT2D eigenvalue weighted by atomic mass is 32.2. The SMILES string of the molecule is COc1cc2ncc(N3CCC(CCNS(C)(=O)=O)CC3)n2cc1OC.COc1cc2ncc(N3CCC(CCS(C)(=O)=O)CC3)n2cc1OC.COc1ncn2cnc(N3CCC(CCNS(C)(=O)=O)CC3)cc12.CS(=O)(=O)NCCC1CCN(c2cc3cncn3cn2)CC1. The van der Waals surface area contributed by atoms with Gasteiger partial charge in [-0.2, -0.15) is 0 Å². The van der Waals surface area contributed by atoms with E-state index in [9.17, 15) is 33.7 Å². The second kappa shape index (κ2) is 33.4. The molecule has 12 rings (SSSR count). The van der Waals surface area contributed by atoms with Crippen LogP contribution in [-0.2, 0) is 39.9 Å². The molecule has 0 radical (unpaired) electrons. The van der Waals surface area contributed by atoms with Gasteiger partial charge in [0.1, 0.15) is 75.2 Å². The minimum Gasteiger partial charge on any atom is -0.493 e. The number of piperidine rings is 4. The molecule has 12 heterocycles. The van der Waals surface area contributed by atoms with Gasteiger partial charge in [0.25, 0.3) is 0 Å². The average molecular weight is 1430 g/mol. The molecule has 534 valence electrons. The number of anilines is 4. The van der Waals surface area contributed by atoms with E-state index in [2.05, 4.69) is 69.7 Å². The van der Waals surface area contributed by atoms with Gasteiger partial charge in [-0.1, -0.05) is 0 Å². The maximum Gasteiger partial charge on any atom is 0.239 e. The van der Waals surface area contributed by atoms with Crippen molar-refractivity contribution in [2.45, 2.75) is 77.0 Å². The number of pyridine rings is 2. The number of sulfonamides is 3. The van der Waals surface area contributed by atoms with E-state index in [-0.39, 0.29) is 5.75 Å². The maximum absolute atomic E-state index is 11.3. The monoisotopic (exact) mass is 1430 g/mol. The molecule has 0 aromatic carbocycles. The van der Waals surface area contributed by atoms with E-state index in [1.165, 1.54) is 25.0 Å². The molecule has 4 saturated heterocycles. The van der Waals surface area contributed by atoms with Crippen molar-refractivity contribution >= 4 is 85.5 Å². The van der Waals surface area contributed by atoms with Crippen LogP contribution in [0.5, 0.6) is 28.9 Å². The molecule has 0 saturated carbocycles. The summed E-state index contributed by atoms with van der Waals surface area (Å²) in [6.45, 7) is 8.96. The third-order valence-electron chi connectivity index (χ3n) is 18.2. The predicted molar refractivity (Wildman–Crippen MR) is 376 cm³/mol. The molecular weight excluding hydrogens is 1330 g/mol. The second-order valence-electron chi connectivity index (χ2n) is 25.3. The molecular formula is C63H95N17O13S4. The first-order valence-electron chi connectivity index (χ1n) is 32.6. The first-order chi connectivity index (χ1) is 46.3. The van der Waals surface area contributed by atoms with Gasteiger partial charge in [-0.3, -0.25) is 17.6 Å². The first kappa shape index (κ1) is 73.7. The number of aromatic nitrogens is 10. The van der Waals surface area contributed by atoms with E-state index < -0.39 is 39.9 Å². The molecule has 30 nitrogen and oxygen atoms in total. The Morgan fingerprint density at radius 3 is 1.20 bits per heavy atom. The van der Waals surface area contributed by atoms with Crippen LogP contribution in [0, 0.1) is 23.7 Å². The van der Waals surface area contributed by atoms with Crippen molar-refractivity contribution in [1.82, 2.24) is 61.7 Å². The number of nitrogens with zero attached hydrogens (tertiary/aromatic N) is 14. The van der Waals surface area contributed by atoms with Crippen molar-refractivity contribution in [2.24, 2.45) is 23.7 Å². The van der Waals surface area contributed by atoms with E-state index in [0.29, 0.717) is 72.2 Å². The van der Waals surface area contributed by atoms with Crippen LogP contribution in [-0.4, -0.2) is 219 Å². The van der Waals surface area contributed by atoms with Crippen LogP contribution in [0.1, 0.15) is 77.0 Å². The smallest absolute Gasteiger partial charge is 0.239 e. The lowest BCUT2D eigenvalue weighted by Crippen LogP contribution is -2.35. The maximum atomic E-state index is 11.3. The number of hydrogen-bond donors (Lipinski definition) is 3. The Bertz CT molecular complexity index is 4330. The van der Waals surface area contributed by atoms with Crippen LogP contribution in [0.2, 0.25) is 0 Å². The molecule has 0 amide bonds. The Morgan fingerprint density at radius 1 is 0.423 bits per heavy atom. The van der Waals surface area contributed by atoms with Crippen molar-refractivity contribution in [2.75, 3.05) is 158 Å². The lowest BCUT2D eigenvalue weighted by molar-refractivity contribution is 0.353. The second-order valence-corrected chi connectivity index (χ2v) is 33.0. The summed E-state index contributed by atoms with van der Waals surface area (Å²) in [6.07, 6.45) is 32.9. The minimum atomic E-state index is -3.10. The molecule has 4 aliphatic rings. The van der Waals surface area contributed by atoms with Gasteiger partial charge in [0.05, 0.1) is 96.6 Å². The Labute approximate surface area is 569 Å². The normalized spacial score (nSPS) is 16.6. The van der Waals surface area contributed by atoms with Crippen LogP contribution in [0.3, 0.4) is 0 Å². The van der Waals surface area contributed by atoms with Crippen LogP contribution >= 0.6 is 0 Å². The zero-order valence-corrected chi connectivity index (χ0v) is 60.3. The van der Waals surface area contributed by atoms with Gasteiger partial charge in [0, 0.05) is 103 Å². The third kappa shape index (κ3) is 21.3. The van der Waals surface area contributed by atoms with E-state index in [4.69, 9.17) is 23.7 Å². The van der Waals surface area contributed by atoms with E-state index in [1.807, 2.05) is 66.8 Å². The summed E-state index contributed by atoms with van der Waals surface area (Å²) in [7, 11) is -4.07. The number of sulfone groups is 1. The zero-order valence-electron chi connectivity index (χ0n) is 57.0. The highest BCUT2D eigenvalue weighted by molar-refractivity contribution is 7.90. The molecule has 0 aliphatic carbocycles. The van der Waals surface area contributed by atoms with Crippen molar-refractivity contribution in [3.05, 3.63) is 80.6 Å². The van der Waals surface area contributed by atoms with E-state index in [1.54, 1.807) is 60.9 Å². The topological polar surface area (TPSA) is 327 Å². The fourth-order valence-corrected chi connectivity index (χ4v) is 15.0. The summed E-state index contributed by atoms with van der Waals surface area (Å²) in [5.74, 6) is 9.63. The molecule has 4 aliphatic heterocycles. The Kier molecular flexibility index (Phi) is 25.4. The number of ether oxygens (including phenoxy) is 5. The van der Waals surface area contributed by atoms with Gasteiger partial charge in [-0.15, -0.1) is 0 Å². The summed E-state index contributed by atoms with van der Waals surface area (Å²) in [5.41, 5.74) is 3.58. The number of nitrogens with one attached hydrogen (secondary N) is 3. The molecule has 0 unspecified atom stereocenters. The van der Waals surface area contributed by atoms with Gasteiger partial charge in [0.15, 0.2) is 23.0 Å². The fraction of sp³-hybridized carbons (Fsp3) is 0.587. The summed E-state index contributed by atoms with van der Waals surface area (Å²) in [4.78, 5) is 35.4. The highest BCUT2D eigenvalue weighted by Crippen LogP contribution is 2.35. The lowest BCUT2D eigenvalue weighted by Gasteiger charge is -2.33. The van der Waals surface area contributed by atoms with Crippen molar-refractivity contribution < 1.29 is 57.4 Å². The van der Waals surface area contributed by atoms with Gasteiger partial charge in [0.2, 0.25) is 35.9 Å². The van der Waals surface area contributed by atoms with Crippen LogP contribution in [0.15, 0.2) is 80.6 Å². The van der Waals surface area contributed by atoms with Crippen molar-refractivity contribution in [3.63, 3.8) is 0 Å². The Balaban J connectivity index is 0.000000152. The van der Waals surface area contributed by atoms with Crippen LogP contribution < -0.4 is 57.5 Å². The number of imidazole rings is 4. The standard InChI is InChI=1S/C17H26N4O4S.C17H25N3O4S.C15H23N5O3S.C14H21N5O2S/c1-24-14-10-16-18-11-17(21(16)12-15(14)25-2)20-8-5-13(6-9-20)4-7-19-26(3,22)23;1-23-14-10-16-18-11-17(20(16)12-15(14)24-2)19-7-4-13(5-8-19)6-9-25(3,21)22;1-23-15-13-9-14(16-10-20(13)11-17-15)19-7-4-12(5-8-19)3-6-18-24(2,21)22;1-22(20,21)17-5-2-12-3-6-18(7-4-12)14-8-13-9-15-10-19(13)11-16-14/h10-13,19H,4-9H2,1-3H3;10-13H,4-9H2,1-3H3;9-12,18H,3-8H2,1-2H3;8-12,17H,2-7H2,1H3. The lowest BCUT2D eigenvalue weighted by atomic mass is 9.94. The van der Waals surface area contributed by atoms with Gasteiger partial charge in [-0.25, -0.2) is 77.7 Å². The fourth-order valence-electron chi connectivity index (χ4n) is 12.8. The van der Waals surface area contributed by atoms with Gasteiger partial charge < -0.3 is 43.3 Å².